The van der Waals surface area contributed by atoms with E-state index in [9.17, 15) is 9.59 Å². The molecule has 1 aromatic heterocycles. The van der Waals surface area contributed by atoms with Gasteiger partial charge in [0.05, 0.1) is 24.6 Å². The molecule has 1 unspecified atom stereocenters. The van der Waals surface area contributed by atoms with Crippen molar-refractivity contribution in [3.8, 4) is 0 Å². The summed E-state index contributed by atoms with van der Waals surface area (Å²) in [6.45, 7) is 4.08. The fraction of sp³-hybridized carbons (Fsp3) is 0.500. The van der Waals surface area contributed by atoms with Gasteiger partial charge >= 0.3 is 0 Å². The molecule has 1 atom stereocenters. The third kappa shape index (κ3) is 3.39. The number of amides is 1. The molecular weight excluding hydrogens is 296 g/mol. The number of aromatic nitrogens is 3. The van der Waals surface area contributed by atoms with Crippen molar-refractivity contribution in [1.29, 1.82) is 0 Å². The number of benzene rings is 1. The van der Waals surface area contributed by atoms with Gasteiger partial charge in [-0.15, -0.1) is 5.10 Å². The van der Waals surface area contributed by atoms with Crippen molar-refractivity contribution >= 4 is 16.8 Å². The quantitative estimate of drug-likeness (QED) is 0.834. The lowest BCUT2D eigenvalue weighted by atomic mass is 10.2. The van der Waals surface area contributed by atoms with Crippen molar-refractivity contribution in [2.45, 2.75) is 32.4 Å². The van der Waals surface area contributed by atoms with E-state index in [0.717, 1.165) is 6.42 Å². The first kappa shape index (κ1) is 15.6. The van der Waals surface area contributed by atoms with E-state index in [-0.39, 0.29) is 30.5 Å². The van der Waals surface area contributed by atoms with Crippen LogP contribution in [0.15, 0.2) is 29.1 Å². The SMILES string of the molecule is CCC1CN(C(=O)CCn2nnc3ccccc3c2=O)CCO1. The normalized spacial score (nSPS) is 18.3. The van der Waals surface area contributed by atoms with Crippen molar-refractivity contribution in [1.82, 2.24) is 19.9 Å². The van der Waals surface area contributed by atoms with Crippen LogP contribution >= 0.6 is 0 Å². The Morgan fingerprint density at radius 1 is 1.39 bits per heavy atom. The number of ether oxygens (including phenoxy) is 1. The van der Waals surface area contributed by atoms with E-state index in [1.807, 2.05) is 13.0 Å². The van der Waals surface area contributed by atoms with Gasteiger partial charge in [0, 0.05) is 19.5 Å². The molecule has 122 valence electrons. The highest BCUT2D eigenvalue weighted by Gasteiger charge is 2.22. The molecule has 3 rings (SSSR count). The highest BCUT2D eigenvalue weighted by Crippen LogP contribution is 2.10. The van der Waals surface area contributed by atoms with E-state index in [2.05, 4.69) is 10.3 Å². The standard InChI is InChI=1S/C16H20N4O3/c1-2-12-11-19(9-10-23-12)15(21)7-8-20-16(22)13-5-3-4-6-14(13)17-18-20/h3-6,12H,2,7-11H2,1H3. The number of rotatable bonds is 4. The minimum Gasteiger partial charge on any atom is -0.375 e. The molecule has 23 heavy (non-hydrogen) atoms. The zero-order valence-corrected chi connectivity index (χ0v) is 13.1. The molecule has 1 amide bonds. The van der Waals surface area contributed by atoms with E-state index in [4.69, 9.17) is 4.74 Å². The maximum atomic E-state index is 12.3. The topological polar surface area (TPSA) is 77.3 Å². The molecule has 1 saturated heterocycles. The molecular formula is C16H20N4O3. The van der Waals surface area contributed by atoms with Crippen molar-refractivity contribution in [3.63, 3.8) is 0 Å². The second kappa shape index (κ2) is 6.87. The number of morpholine rings is 1. The smallest absolute Gasteiger partial charge is 0.277 e. The number of carbonyl (C=O) groups excluding carboxylic acids is 1. The Hall–Kier alpha value is -2.28. The van der Waals surface area contributed by atoms with Crippen LogP contribution in [0.25, 0.3) is 10.9 Å². The van der Waals surface area contributed by atoms with Crippen LogP contribution in [0.4, 0.5) is 0 Å². The van der Waals surface area contributed by atoms with E-state index in [0.29, 0.717) is 30.6 Å². The van der Waals surface area contributed by atoms with Gasteiger partial charge < -0.3 is 9.64 Å². The molecule has 0 saturated carbocycles. The van der Waals surface area contributed by atoms with Crippen LogP contribution in [0.2, 0.25) is 0 Å². The minimum absolute atomic E-state index is 0.0219. The summed E-state index contributed by atoms with van der Waals surface area (Å²) < 4.78 is 6.83. The van der Waals surface area contributed by atoms with Gasteiger partial charge in [-0.2, -0.15) is 0 Å². The van der Waals surface area contributed by atoms with Crippen LogP contribution in [0.3, 0.4) is 0 Å². The molecule has 1 aliphatic heterocycles. The molecule has 2 heterocycles. The second-order valence-corrected chi connectivity index (χ2v) is 5.63. The van der Waals surface area contributed by atoms with Crippen molar-refractivity contribution in [3.05, 3.63) is 34.6 Å². The Morgan fingerprint density at radius 2 is 2.22 bits per heavy atom. The number of aryl methyl sites for hydroxylation is 1. The van der Waals surface area contributed by atoms with E-state index in [1.54, 1.807) is 23.1 Å². The van der Waals surface area contributed by atoms with Gasteiger partial charge in [-0.3, -0.25) is 9.59 Å². The van der Waals surface area contributed by atoms with Gasteiger partial charge in [-0.1, -0.05) is 24.3 Å². The number of nitrogens with zero attached hydrogens (tertiary/aromatic N) is 4. The average molecular weight is 316 g/mol. The first-order valence-electron chi connectivity index (χ1n) is 7.91. The number of carbonyl (C=O) groups is 1. The fourth-order valence-electron chi connectivity index (χ4n) is 2.72. The Bertz CT molecular complexity index is 758. The van der Waals surface area contributed by atoms with Gasteiger partial charge in [-0.05, 0) is 18.6 Å². The minimum atomic E-state index is -0.211. The van der Waals surface area contributed by atoms with Crippen LogP contribution in [0, 0.1) is 0 Å². The summed E-state index contributed by atoms with van der Waals surface area (Å²) >= 11 is 0. The summed E-state index contributed by atoms with van der Waals surface area (Å²) in [5, 5.41) is 8.46. The highest BCUT2D eigenvalue weighted by molar-refractivity contribution is 5.77. The fourth-order valence-corrected chi connectivity index (χ4v) is 2.72. The van der Waals surface area contributed by atoms with Crippen LogP contribution < -0.4 is 5.56 Å². The van der Waals surface area contributed by atoms with Crippen LogP contribution in [-0.4, -0.2) is 51.6 Å². The first-order chi connectivity index (χ1) is 11.2. The molecule has 0 bridgehead atoms. The zero-order chi connectivity index (χ0) is 16.2. The molecule has 1 aliphatic rings. The lowest BCUT2D eigenvalue weighted by molar-refractivity contribution is -0.139. The van der Waals surface area contributed by atoms with Gasteiger partial charge in [-0.25, -0.2) is 4.68 Å². The van der Waals surface area contributed by atoms with Crippen molar-refractivity contribution in [2.24, 2.45) is 0 Å². The van der Waals surface area contributed by atoms with Gasteiger partial charge in [0.2, 0.25) is 5.91 Å². The Balaban J connectivity index is 1.67. The van der Waals surface area contributed by atoms with Crippen molar-refractivity contribution < 1.29 is 9.53 Å². The summed E-state index contributed by atoms with van der Waals surface area (Å²) in [5.41, 5.74) is 0.357. The maximum Gasteiger partial charge on any atom is 0.277 e. The summed E-state index contributed by atoms with van der Waals surface area (Å²) in [6.07, 6.45) is 1.24. The van der Waals surface area contributed by atoms with Crippen LogP contribution in [0.5, 0.6) is 0 Å². The average Bonchev–Trinajstić information content (AvgIpc) is 2.61. The molecule has 7 heteroatoms. The molecule has 0 spiro atoms. The molecule has 0 radical (unpaired) electrons. The molecule has 1 aromatic carbocycles. The predicted octanol–water partition coefficient (Wildman–Crippen LogP) is 0.819. The summed E-state index contributed by atoms with van der Waals surface area (Å²) in [5.74, 6) is 0.0219. The lowest BCUT2D eigenvalue weighted by Gasteiger charge is -2.32. The molecule has 0 N–H and O–H groups in total. The number of hydrogen-bond acceptors (Lipinski definition) is 5. The summed E-state index contributed by atoms with van der Waals surface area (Å²) in [7, 11) is 0. The number of hydrogen-bond donors (Lipinski definition) is 0. The maximum absolute atomic E-state index is 12.3. The molecule has 7 nitrogen and oxygen atoms in total. The van der Waals surface area contributed by atoms with Gasteiger partial charge in [0.1, 0.15) is 5.52 Å². The summed E-state index contributed by atoms with van der Waals surface area (Å²) in [4.78, 5) is 26.4. The third-order valence-electron chi connectivity index (χ3n) is 4.11. The lowest BCUT2D eigenvalue weighted by Crippen LogP contribution is -2.45. The molecule has 1 fully saturated rings. The Morgan fingerprint density at radius 3 is 3.04 bits per heavy atom. The summed E-state index contributed by atoms with van der Waals surface area (Å²) in [6, 6.07) is 7.07. The predicted molar refractivity (Wildman–Crippen MR) is 85.0 cm³/mol. The zero-order valence-electron chi connectivity index (χ0n) is 13.1. The van der Waals surface area contributed by atoms with Crippen molar-refractivity contribution in [2.75, 3.05) is 19.7 Å². The van der Waals surface area contributed by atoms with Gasteiger partial charge in [0.15, 0.2) is 0 Å². The third-order valence-corrected chi connectivity index (χ3v) is 4.11. The number of fused-ring (bicyclic) bond motifs is 1. The Labute approximate surface area is 133 Å². The largest absolute Gasteiger partial charge is 0.375 e. The second-order valence-electron chi connectivity index (χ2n) is 5.63. The van der Waals surface area contributed by atoms with Crippen LogP contribution in [-0.2, 0) is 16.1 Å². The van der Waals surface area contributed by atoms with Gasteiger partial charge in [0.25, 0.3) is 5.56 Å². The highest BCUT2D eigenvalue weighted by atomic mass is 16.5. The van der Waals surface area contributed by atoms with Crippen LogP contribution in [0.1, 0.15) is 19.8 Å². The van der Waals surface area contributed by atoms with E-state index in [1.165, 1.54) is 4.68 Å². The Kier molecular flexibility index (Phi) is 4.66. The molecule has 0 aliphatic carbocycles. The van der Waals surface area contributed by atoms with E-state index < -0.39 is 0 Å². The monoisotopic (exact) mass is 316 g/mol. The van der Waals surface area contributed by atoms with E-state index >= 15 is 0 Å². The molecule has 2 aromatic rings. The first-order valence-corrected chi connectivity index (χ1v) is 7.91.